The average Bonchev–Trinajstić information content (AvgIpc) is 3.05. The first-order chi connectivity index (χ1) is 11.8. The maximum absolute atomic E-state index is 4.73. The summed E-state index contributed by atoms with van der Waals surface area (Å²) in [6.07, 6.45) is 5.86. The fraction of sp³-hybridized carbons (Fsp3) is 0.263. The largest absolute Gasteiger partial charge is 0.371 e. The lowest BCUT2D eigenvalue weighted by Crippen LogP contribution is -2.38. The molecule has 0 saturated carbocycles. The highest BCUT2D eigenvalue weighted by molar-refractivity contribution is 5.71. The molecule has 0 saturated heterocycles. The maximum Gasteiger partial charge on any atom is 0.0817 e. The molecule has 0 atom stereocenters. The highest BCUT2D eigenvalue weighted by atomic mass is 15.3. The molecule has 0 bridgehead atoms. The number of fused-ring (bicyclic) bond motifs is 1. The van der Waals surface area contributed by atoms with Crippen LogP contribution in [-0.4, -0.2) is 34.9 Å². The van der Waals surface area contributed by atoms with Crippen molar-refractivity contribution < 1.29 is 0 Å². The number of likely N-dealkylation sites (N-methyl/N-ethyl adjacent to an activating group) is 1. The van der Waals surface area contributed by atoms with Gasteiger partial charge in [-0.3, -0.25) is 9.67 Å². The normalized spacial score (nSPS) is 13.9. The van der Waals surface area contributed by atoms with E-state index in [-0.39, 0.29) is 0 Å². The molecule has 0 fully saturated rings. The Bertz CT molecular complexity index is 811. The number of hydrogen-bond donors (Lipinski definition) is 0. The van der Waals surface area contributed by atoms with Crippen LogP contribution in [0, 0.1) is 0 Å². The monoisotopic (exact) mass is 319 g/mol. The van der Waals surface area contributed by atoms with Crippen molar-refractivity contribution in [1.29, 1.82) is 0 Å². The summed E-state index contributed by atoms with van der Waals surface area (Å²) in [5.41, 5.74) is 4.77. The van der Waals surface area contributed by atoms with Crippen molar-refractivity contribution in [3.05, 3.63) is 72.3 Å². The van der Waals surface area contributed by atoms with Crippen LogP contribution in [0.1, 0.15) is 11.3 Å². The van der Waals surface area contributed by atoms with E-state index >= 15 is 0 Å². The second-order valence-electron chi connectivity index (χ2n) is 6.20. The Morgan fingerprint density at radius 2 is 1.83 bits per heavy atom. The van der Waals surface area contributed by atoms with Crippen LogP contribution >= 0.6 is 0 Å². The Balaban J connectivity index is 1.50. The molecule has 24 heavy (non-hydrogen) atoms. The van der Waals surface area contributed by atoms with Crippen molar-refractivity contribution in [2.75, 3.05) is 29.9 Å². The van der Waals surface area contributed by atoms with E-state index in [0.29, 0.717) is 0 Å². The van der Waals surface area contributed by atoms with E-state index in [0.717, 1.165) is 31.9 Å². The summed E-state index contributed by atoms with van der Waals surface area (Å²) in [6, 6.07) is 14.6. The molecule has 1 aromatic carbocycles. The third-order valence-corrected chi connectivity index (χ3v) is 4.47. The van der Waals surface area contributed by atoms with Gasteiger partial charge in [0, 0.05) is 32.5 Å². The minimum atomic E-state index is 0.807. The van der Waals surface area contributed by atoms with Crippen molar-refractivity contribution in [2.45, 2.75) is 13.1 Å². The smallest absolute Gasteiger partial charge is 0.0817 e. The number of nitrogens with zero attached hydrogens (tertiary/aromatic N) is 5. The Hall–Kier alpha value is -2.82. The van der Waals surface area contributed by atoms with Gasteiger partial charge < -0.3 is 9.80 Å². The molecule has 1 aliphatic heterocycles. The van der Waals surface area contributed by atoms with Gasteiger partial charge >= 0.3 is 0 Å². The second kappa shape index (κ2) is 6.35. The minimum absolute atomic E-state index is 0.807. The molecule has 3 heterocycles. The van der Waals surface area contributed by atoms with Gasteiger partial charge in [0.25, 0.3) is 0 Å². The van der Waals surface area contributed by atoms with Gasteiger partial charge in [0.05, 0.1) is 36.4 Å². The Labute approximate surface area is 142 Å². The molecular formula is C19H21N5. The SMILES string of the molecule is CN1CCN(Cc2ccn(Cc3ccccc3)n2)c2cnccc21. The first-order valence-electron chi connectivity index (χ1n) is 8.26. The van der Waals surface area contributed by atoms with Gasteiger partial charge in [-0.25, -0.2) is 0 Å². The van der Waals surface area contributed by atoms with Crippen molar-refractivity contribution >= 4 is 11.4 Å². The Kier molecular flexibility index (Phi) is 3.91. The number of benzene rings is 1. The third kappa shape index (κ3) is 2.97. The summed E-state index contributed by atoms with van der Waals surface area (Å²) >= 11 is 0. The zero-order chi connectivity index (χ0) is 16.4. The molecule has 4 rings (SSSR count). The predicted octanol–water partition coefficient (Wildman–Crippen LogP) is 2.78. The maximum atomic E-state index is 4.73. The molecular weight excluding hydrogens is 298 g/mol. The molecule has 0 spiro atoms. The standard InChI is InChI=1S/C19H21N5/c1-22-11-12-23(19-13-20-9-7-18(19)22)15-17-8-10-24(21-17)14-16-5-3-2-4-6-16/h2-10,13H,11-12,14-15H2,1H3. The molecule has 0 unspecified atom stereocenters. The first-order valence-corrected chi connectivity index (χ1v) is 8.26. The van der Waals surface area contributed by atoms with E-state index in [1.165, 1.54) is 16.9 Å². The topological polar surface area (TPSA) is 37.2 Å². The van der Waals surface area contributed by atoms with Crippen LogP contribution in [0.5, 0.6) is 0 Å². The number of rotatable bonds is 4. The summed E-state index contributed by atoms with van der Waals surface area (Å²) in [7, 11) is 2.13. The van der Waals surface area contributed by atoms with Crippen LogP contribution in [0.25, 0.3) is 0 Å². The van der Waals surface area contributed by atoms with Crippen LogP contribution in [0.4, 0.5) is 11.4 Å². The summed E-state index contributed by atoms with van der Waals surface area (Å²) in [4.78, 5) is 8.93. The molecule has 0 amide bonds. The van der Waals surface area contributed by atoms with E-state index < -0.39 is 0 Å². The Morgan fingerprint density at radius 3 is 2.71 bits per heavy atom. The molecule has 0 aliphatic carbocycles. The zero-order valence-electron chi connectivity index (χ0n) is 13.8. The molecule has 5 heteroatoms. The number of hydrogen-bond acceptors (Lipinski definition) is 4. The molecule has 122 valence electrons. The number of pyridine rings is 1. The third-order valence-electron chi connectivity index (χ3n) is 4.47. The lowest BCUT2D eigenvalue weighted by Gasteiger charge is -2.36. The number of aromatic nitrogens is 3. The molecule has 2 aromatic heterocycles. The highest BCUT2D eigenvalue weighted by Crippen LogP contribution is 2.31. The van der Waals surface area contributed by atoms with E-state index in [4.69, 9.17) is 5.10 Å². The van der Waals surface area contributed by atoms with E-state index in [9.17, 15) is 0 Å². The van der Waals surface area contributed by atoms with Crippen LogP contribution in [0.3, 0.4) is 0 Å². The number of anilines is 2. The zero-order valence-corrected chi connectivity index (χ0v) is 13.8. The fourth-order valence-electron chi connectivity index (χ4n) is 3.16. The molecule has 5 nitrogen and oxygen atoms in total. The van der Waals surface area contributed by atoms with Gasteiger partial charge in [-0.1, -0.05) is 30.3 Å². The van der Waals surface area contributed by atoms with Crippen molar-refractivity contribution in [3.8, 4) is 0 Å². The molecule has 3 aromatic rings. The lowest BCUT2D eigenvalue weighted by atomic mass is 10.2. The molecule has 0 radical (unpaired) electrons. The lowest BCUT2D eigenvalue weighted by molar-refractivity contribution is 0.656. The highest BCUT2D eigenvalue weighted by Gasteiger charge is 2.20. The van der Waals surface area contributed by atoms with Gasteiger partial charge in [-0.15, -0.1) is 0 Å². The van der Waals surface area contributed by atoms with Gasteiger partial charge in [0.2, 0.25) is 0 Å². The van der Waals surface area contributed by atoms with Gasteiger partial charge in [0.1, 0.15) is 0 Å². The second-order valence-corrected chi connectivity index (χ2v) is 6.20. The van der Waals surface area contributed by atoms with E-state index in [1.54, 1.807) is 0 Å². The summed E-state index contributed by atoms with van der Waals surface area (Å²) in [5, 5.41) is 4.73. The summed E-state index contributed by atoms with van der Waals surface area (Å²) < 4.78 is 2.00. The van der Waals surface area contributed by atoms with Gasteiger partial charge in [0.15, 0.2) is 0 Å². The fourth-order valence-corrected chi connectivity index (χ4v) is 3.16. The van der Waals surface area contributed by atoms with Crippen LogP contribution in [0.15, 0.2) is 61.1 Å². The molecule has 1 aliphatic rings. The van der Waals surface area contributed by atoms with Crippen LogP contribution in [0.2, 0.25) is 0 Å². The van der Waals surface area contributed by atoms with E-state index in [1.807, 2.05) is 23.1 Å². The predicted molar refractivity (Wildman–Crippen MR) is 96.3 cm³/mol. The van der Waals surface area contributed by atoms with E-state index in [2.05, 4.69) is 64.4 Å². The van der Waals surface area contributed by atoms with Gasteiger partial charge in [-0.05, 0) is 17.7 Å². The van der Waals surface area contributed by atoms with Crippen LogP contribution in [-0.2, 0) is 13.1 Å². The van der Waals surface area contributed by atoms with Crippen LogP contribution < -0.4 is 9.80 Å². The summed E-state index contributed by atoms with van der Waals surface area (Å²) in [6.45, 7) is 3.62. The quantitative estimate of drug-likeness (QED) is 0.741. The van der Waals surface area contributed by atoms with Crippen molar-refractivity contribution in [1.82, 2.24) is 14.8 Å². The van der Waals surface area contributed by atoms with Crippen molar-refractivity contribution in [2.24, 2.45) is 0 Å². The average molecular weight is 319 g/mol. The van der Waals surface area contributed by atoms with Gasteiger partial charge in [-0.2, -0.15) is 5.10 Å². The molecule has 0 N–H and O–H groups in total. The Morgan fingerprint density at radius 1 is 0.958 bits per heavy atom. The summed E-state index contributed by atoms with van der Waals surface area (Å²) in [5.74, 6) is 0. The first kappa shape index (κ1) is 14.8. The van der Waals surface area contributed by atoms with Crippen molar-refractivity contribution in [3.63, 3.8) is 0 Å². The minimum Gasteiger partial charge on any atom is -0.371 e.